The van der Waals surface area contributed by atoms with E-state index in [2.05, 4.69) is 23.7 Å². The number of morpholine rings is 1. The van der Waals surface area contributed by atoms with Gasteiger partial charge in [-0.2, -0.15) is 0 Å². The van der Waals surface area contributed by atoms with Gasteiger partial charge in [-0.1, -0.05) is 0 Å². The number of aromatic nitrogens is 2. The average molecular weight is 261 g/mol. The van der Waals surface area contributed by atoms with Crippen LogP contribution in [0.25, 0.3) is 0 Å². The van der Waals surface area contributed by atoms with E-state index < -0.39 is 0 Å². The smallest absolute Gasteiger partial charge is 0.136 e. The summed E-state index contributed by atoms with van der Waals surface area (Å²) in [7, 11) is 0. The first-order valence-electron chi connectivity index (χ1n) is 7.41. The van der Waals surface area contributed by atoms with Crippen molar-refractivity contribution in [2.45, 2.75) is 58.6 Å². The van der Waals surface area contributed by atoms with Crippen molar-refractivity contribution in [3.05, 3.63) is 17.1 Å². The van der Waals surface area contributed by atoms with Crippen molar-refractivity contribution in [1.82, 2.24) is 9.97 Å². The van der Waals surface area contributed by atoms with Crippen LogP contribution in [0.15, 0.2) is 0 Å². The minimum absolute atomic E-state index is 0.267. The highest BCUT2D eigenvalue weighted by molar-refractivity contribution is 5.51. The monoisotopic (exact) mass is 261 g/mol. The summed E-state index contributed by atoms with van der Waals surface area (Å²) in [6.07, 6.45) is 5.03. The number of ether oxygens (including phenoxy) is 1. The number of hydrogen-bond acceptors (Lipinski definition) is 4. The van der Waals surface area contributed by atoms with Crippen LogP contribution in [-0.2, 0) is 17.6 Å². The molecule has 4 heteroatoms. The lowest BCUT2D eigenvalue weighted by molar-refractivity contribution is 0.0280. The normalized spacial score (nSPS) is 27.2. The van der Waals surface area contributed by atoms with E-state index in [0.717, 1.165) is 31.8 Å². The van der Waals surface area contributed by atoms with E-state index in [1.165, 1.54) is 29.9 Å². The Morgan fingerprint density at radius 2 is 1.95 bits per heavy atom. The van der Waals surface area contributed by atoms with Crippen LogP contribution in [0.3, 0.4) is 0 Å². The standard InChI is InChI=1S/C15H23N3O/c1-10-11(2)19-9-8-18(10)15-13-6-4-5-7-14(13)16-12(3)17-15/h10-11H,4-9H2,1-3H3. The van der Waals surface area contributed by atoms with Crippen molar-refractivity contribution < 1.29 is 4.74 Å². The molecule has 2 atom stereocenters. The van der Waals surface area contributed by atoms with E-state index in [0.29, 0.717) is 6.04 Å². The molecule has 2 unspecified atom stereocenters. The SMILES string of the molecule is Cc1nc2c(c(N3CCOC(C)C3C)n1)CCCC2. The molecule has 1 aliphatic carbocycles. The minimum Gasteiger partial charge on any atom is -0.375 e. The quantitative estimate of drug-likeness (QED) is 0.777. The van der Waals surface area contributed by atoms with Crippen LogP contribution < -0.4 is 4.90 Å². The van der Waals surface area contributed by atoms with Crippen LogP contribution in [0.5, 0.6) is 0 Å². The third-order valence-electron chi connectivity index (χ3n) is 4.43. The molecule has 1 saturated heterocycles. The first kappa shape index (κ1) is 12.9. The summed E-state index contributed by atoms with van der Waals surface area (Å²) >= 11 is 0. The van der Waals surface area contributed by atoms with Gasteiger partial charge < -0.3 is 9.64 Å². The Hall–Kier alpha value is -1.16. The maximum atomic E-state index is 5.73. The largest absolute Gasteiger partial charge is 0.375 e. The topological polar surface area (TPSA) is 38.2 Å². The number of aryl methyl sites for hydroxylation is 2. The van der Waals surface area contributed by atoms with Crippen molar-refractivity contribution >= 4 is 5.82 Å². The van der Waals surface area contributed by atoms with Gasteiger partial charge in [-0.3, -0.25) is 0 Å². The van der Waals surface area contributed by atoms with E-state index in [-0.39, 0.29) is 6.10 Å². The predicted molar refractivity (Wildman–Crippen MR) is 75.6 cm³/mol. The van der Waals surface area contributed by atoms with Gasteiger partial charge in [0.1, 0.15) is 11.6 Å². The Bertz CT molecular complexity index is 475. The molecular weight excluding hydrogens is 238 g/mol. The van der Waals surface area contributed by atoms with E-state index in [9.17, 15) is 0 Å². The molecule has 104 valence electrons. The van der Waals surface area contributed by atoms with Gasteiger partial charge in [0, 0.05) is 17.8 Å². The van der Waals surface area contributed by atoms with Gasteiger partial charge in [0.15, 0.2) is 0 Å². The van der Waals surface area contributed by atoms with Crippen LogP contribution in [-0.4, -0.2) is 35.3 Å². The fourth-order valence-corrected chi connectivity index (χ4v) is 3.16. The number of anilines is 1. The molecule has 4 nitrogen and oxygen atoms in total. The summed E-state index contributed by atoms with van der Waals surface area (Å²) in [6.45, 7) is 8.12. The number of nitrogens with zero attached hydrogens (tertiary/aromatic N) is 3. The molecule has 0 aromatic carbocycles. The van der Waals surface area contributed by atoms with Crippen LogP contribution in [0, 0.1) is 6.92 Å². The highest BCUT2D eigenvalue weighted by Gasteiger charge is 2.29. The van der Waals surface area contributed by atoms with Crippen molar-refractivity contribution in [2.24, 2.45) is 0 Å². The molecule has 1 aromatic rings. The summed E-state index contributed by atoms with van der Waals surface area (Å²) in [5, 5.41) is 0. The van der Waals surface area contributed by atoms with Gasteiger partial charge in [0.2, 0.25) is 0 Å². The number of fused-ring (bicyclic) bond motifs is 1. The molecular formula is C15H23N3O. The summed E-state index contributed by atoms with van der Waals surface area (Å²) in [5.74, 6) is 2.08. The van der Waals surface area contributed by atoms with E-state index in [1.54, 1.807) is 0 Å². The number of hydrogen-bond donors (Lipinski definition) is 0. The van der Waals surface area contributed by atoms with Gasteiger partial charge in [0.25, 0.3) is 0 Å². The van der Waals surface area contributed by atoms with Gasteiger partial charge in [-0.25, -0.2) is 9.97 Å². The van der Waals surface area contributed by atoms with E-state index in [1.807, 2.05) is 6.92 Å². The summed E-state index contributed by atoms with van der Waals surface area (Å²) in [6, 6.07) is 0.383. The second-order valence-corrected chi connectivity index (χ2v) is 5.74. The molecule has 19 heavy (non-hydrogen) atoms. The van der Waals surface area contributed by atoms with Crippen LogP contribution in [0.1, 0.15) is 43.8 Å². The molecule has 1 aromatic heterocycles. The summed E-state index contributed by atoms with van der Waals surface area (Å²) in [5.41, 5.74) is 2.66. The van der Waals surface area contributed by atoms with Gasteiger partial charge in [-0.15, -0.1) is 0 Å². The maximum absolute atomic E-state index is 5.73. The Morgan fingerprint density at radius 1 is 1.16 bits per heavy atom. The van der Waals surface area contributed by atoms with Gasteiger partial charge in [-0.05, 0) is 46.5 Å². The molecule has 0 N–H and O–H groups in total. The maximum Gasteiger partial charge on any atom is 0.136 e. The highest BCUT2D eigenvalue weighted by Crippen LogP contribution is 2.30. The van der Waals surface area contributed by atoms with Gasteiger partial charge >= 0.3 is 0 Å². The van der Waals surface area contributed by atoms with Crippen molar-refractivity contribution in [2.75, 3.05) is 18.1 Å². The zero-order valence-corrected chi connectivity index (χ0v) is 12.1. The Morgan fingerprint density at radius 3 is 2.79 bits per heavy atom. The minimum atomic E-state index is 0.267. The highest BCUT2D eigenvalue weighted by atomic mass is 16.5. The summed E-state index contributed by atoms with van der Waals surface area (Å²) < 4.78 is 5.73. The third kappa shape index (κ3) is 2.34. The fraction of sp³-hybridized carbons (Fsp3) is 0.733. The lowest BCUT2D eigenvalue weighted by Crippen LogP contribution is -2.49. The second kappa shape index (κ2) is 5.08. The lowest BCUT2D eigenvalue weighted by atomic mass is 9.95. The summed E-state index contributed by atoms with van der Waals surface area (Å²) in [4.78, 5) is 11.8. The van der Waals surface area contributed by atoms with Gasteiger partial charge in [0.05, 0.1) is 18.8 Å². The molecule has 0 spiro atoms. The van der Waals surface area contributed by atoms with Crippen molar-refractivity contribution in [3.8, 4) is 0 Å². The zero-order chi connectivity index (χ0) is 13.4. The van der Waals surface area contributed by atoms with E-state index in [4.69, 9.17) is 9.72 Å². The molecule has 0 bridgehead atoms. The number of rotatable bonds is 1. The zero-order valence-electron chi connectivity index (χ0n) is 12.1. The van der Waals surface area contributed by atoms with Crippen molar-refractivity contribution in [1.29, 1.82) is 0 Å². The predicted octanol–water partition coefficient (Wildman–Crippen LogP) is 2.28. The molecule has 1 fully saturated rings. The Balaban J connectivity index is 2.01. The van der Waals surface area contributed by atoms with E-state index >= 15 is 0 Å². The van der Waals surface area contributed by atoms with Crippen LogP contribution >= 0.6 is 0 Å². The Labute approximate surface area is 115 Å². The third-order valence-corrected chi connectivity index (χ3v) is 4.43. The fourth-order valence-electron chi connectivity index (χ4n) is 3.16. The molecule has 2 aliphatic rings. The molecule has 1 aliphatic heterocycles. The molecule has 2 heterocycles. The lowest BCUT2D eigenvalue weighted by Gasteiger charge is -2.40. The molecule has 3 rings (SSSR count). The first-order chi connectivity index (χ1) is 9.16. The molecule has 0 radical (unpaired) electrons. The Kier molecular flexibility index (Phi) is 3.44. The second-order valence-electron chi connectivity index (χ2n) is 5.74. The average Bonchev–Trinajstić information content (AvgIpc) is 2.41. The first-order valence-corrected chi connectivity index (χ1v) is 7.41. The van der Waals surface area contributed by atoms with Crippen molar-refractivity contribution in [3.63, 3.8) is 0 Å². The van der Waals surface area contributed by atoms with Crippen LogP contribution in [0.4, 0.5) is 5.82 Å². The molecule has 0 amide bonds. The molecule has 0 saturated carbocycles. The van der Waals surface area contributed by atoms with Crippen LogP contribution in [0.2, 0.25) is 0 Å².